The van der Waals surface area contributed by atoms with Gasteiger partial charge in [0.1, 0.15) is 0 Å². The highest BCUT2D eigenvalue weighted by Crippen LogP contribution is 2.17. The molecule has 2 rings (SSSR count). The number of ether oxygens (including phenoxy) is 1. The summed E-state index contributed by atoms with van der Waals surface area (Å²) in [5, 5.41) is 3.31. The van der Waals surface area contributed by atoms with E-state index in [1.54, 1.807) is 0 Å². The Morgan fingerprint density at radius 3 is 3.00 bits per heavy atom. The Morgan fingerprint density at radius 1 is 1.50 bits per heavy atom. The molecule has 0 radical (unpaired) electrons. The minimum absolute atomic E-state index is 0.596. The molecule has 1 aliphatic heterocycles. The molecule has 1 aromatic rings. The van der Waals surface area contributed by atoms with E-state index in [2.05, 4.69) is 41.1 Å². The SMILES string of the molecule is CCNCc1cnc(N(C)CC2CCCOC2)nc1C. The van der Waals surface area contributed by atoms with Crippen molar-refractivity contribution >= 4 is 5.95 Å². The van der Waals surface area contributed by atoms with Crippen LogP contribution < -0.4 is 10.2 Å². The Morgan fingerprint density at radius 2 is 2.35 bits per heavy atom. The maximum atomic E-state index is 5.53. The summed E-state index contributed by atoms with van der Waals surface area (Å²) in [5.74, 6) is 1.41. The van der Waals surface area contributed by atoms with Crippen LogP contribution in [0, 0.1) is 12.8 Å². The minimum Gasteiger partial charge on any atom is -0.381 e. The van der Waals surface area contributed by atoms with E-state index in [4.69, 9.17) is 4.74 Å². The first-order chi connectivity index (χ1) is 9.70. The van der Waals surface area contributed by atoms with E-state index in [1.165, 1.54) is 18.4 Å². The van der Waals surface area contributed by atoms with E-state index < -0.39 is 0 Å². The second-order valence-corrected chi connectivity index (χ2v) is 5.52. The Balaban J connectivity index is 1.95. The molecule has 5 heteroatoms. The lowest BCUT2D eigenvalue weighted by atomic mass is 10.0. The van der Waals surface area contributed by atoms with Gasteiger partial charge in [-0.2, -0.15) is 0 Å². The lowest BCUT2D eigenvalue weighted by Crippen LogP contribution is -2.32. The predicted molar refractivity (Wildman–Crippen MR) is 81.0 cm³/mol. The van der Waals surface area contributed by atoms with Gasteiger partial charge in [-0.05, 0) is 32.2 Å². The van der Waals surface area contributed by atoms with Crippen molar-refractivity contribution in [3.63, 3.8) is 0 Å². The van der Waals surface area contributed by atoms with Gasteiger partial charge in [-0.1, -0.05) is 6.92 Å². The summed E-state index contributed by atoms with van der Waals surface area (Å²) >= 11 is 0. The molecule has 0 aliphatic carbocycles. The van der Waals surface area contributed by atoms with E-state index in [0.717, 1.165) is 44.5 Å². The number of aryl methyl sites for hydroxylation is 1. The van der Waals surface area contributed by atoms with Crippen LogP contribution in [0.4, 0.5) is 5.95 Å². The summed E-state index contributed by atoms with van der Waals surface area (Å²) in [6, 6.07) is 0. The van der Waals surface area contributed by atoms with Gasteiger partial charge >= 0.3 is 0 Å². The molecule has 1 aliphatic rings. The Kier molecular flexibility index (Phi) is 5.73. The molecule has 0 saturated carbocycles. The normalized spacial score (nSPS) is 19.1. The smallest absolute Gasteiger partial charge is 0.225 e. The molecular formula is C15H26N4O. The Hall–Kier alpha value is -1.20. The molecule has 1 fully saturated rings. The van der Waals surface area contributed by atoms with E-state index in [9.17, 15) is 0 Å². The predicted octanol–water partition coefficient (Wildman–Crippen LogP) is 1.76. The molecule has 1 N–H and O–H groups in total. The van der Waals surface area contributed by atoms with E-state index in [0.29, 0.717) is 5.92 Å². The zero-order chi connectivity index (χ0) is 14.4. The van der Waals surface area contributed by atoms with Crippen LogP contribution in [0.1, 0.15) is 31.0 Å². The van der Waals surface area contributed by atoms with Crippen LogP contribution in [0.15, 0.2) is 6.20 Å². The second-order valence-electron chi connectivity index (χ2n) is 5.52. The minimum atomic E-state index is 0.596. The monoisotopic (exact) mass is 278 g/mol. The zero-order valence-electron chi connectivity index (χ0n) is 12.9. The molecule has 1 saturated heterocycles. The van der Waals surface area contributed by atoms with Crippen molar-refractivity contribution in [2.45, 2.75) is 33.2 Å². The van der Waals surface area contributed by atoms with Crippen LogP contribution in [-0.4, -0.2) is 43.3 Å². The number of rotatable bonds is 6. The van der Waals surface area contributed by atoms with Crippen LogP contribution in [0.5, 0.6) is 0 Å². The molecular weight excluding hydrogens is 252 g/mol. The fraction of sp³-hybridized carbons (Fsp3) is 0.733. The highest BCUT2D eigenvalue weighted by atomic mass is 16.5. The van der Waals surface area contributed by atoms with Crippen LogP contribution in [0.3, 0.4) is 0 Å². The third-order valence-corrected chi connectivity index (χ3v) is 3.76. The Labute approximate surface area is 121 Å². The molecule has 112 valence electrons. The molecule has 5 nitrogen and oxygen atoms in total. The van der Waals surface area contributed by atoms with Crippen LogP contribution in [-0.2, 0) is 11.3 Å². The Bertz CT molecular complexity index is 418. The van der Waals surface area contributed by atoms with Gasteiger partial charge in [-0.25, -0.2) is 9.97 Å². The summed E-state index contributed by atoms with van der Waals surface area (Å²) in [5.41, 5.74) is 2.23. The van der Waals surface area contributed by atoms with Crippen molar-refractivity contribution < 1.29 is 4.74 Å². The topological polar surface area (TPSA) is 50.3 Å². The van der Waals surface area contributed by atoms with Gasteiger partial charge in [0.25, 0.3) is 0 Å². The van der Waals surface area contributed by atoms with Gasteiger partial charge in [0.2, 0.25) is 5.95 Å². The number of anilines is 1. The summed E-state index contributed by atoms with van der Waals surface area (Å²) in [7, 11) is 2.06. The summed E-state index contributed by atoms with van der Waals surface area (Å²) in [6.45, 7) is 8.69. The molecule has 1 unspecified atom stereocenters. The molecule has 20 heavy (non-hydrogen) atoms. The number of hydrogen-bond donors (Lipinski definition) is 1. The third kappa shape index (κ3) is 4.15. The molecule has 0 spiro atoms. The van der Waals surface area contributed by atoms with Gasteiger partial charge in [0, 0.05) is 44.2 Å². The number of aromatic nitrogens is 2. The van der Waals surface area contributed by atoms with Crippen molar-refractivity contribution in [3.05, 3.63) is 17.5 Å². The van der Waals surface area contributed by atoms with E-state index >= 15 is 0 Å². The zero-order valence-corrected chi connectivity index (χ0v) is 12.9. The second kappa shape index (κ2) is 7.55. The fourth-order valence-electron chi connectivity index (χ4n) is 2.52. The quantitative estimate of drug-likeness (QED) is 0.859. The number of nitrogens with one attached hydrogen (secondary N) is 1. The van der Waals surface area contributed by atoms with Gasteiger partial charge in [0.05, 0.1) is 6.61 Å². The van der Waals surface area contributed by atoms with Crippen LogP contribution in [0.2, 0.25) is 0 Å². The van der Waals surface area contributed by atoms with E-state index in [-0.39, 0.29) is 0 Å². The molecule has 1 aromatic heterocycles. The first-order valence-electron chi connectivity index (χ1n) is 7.52. The highest BCUT2D eigenvalue weighted by Gasteiger charge is 2.17. The lowest BCUT2D eigenvalue weighted by molar-refractivity contribution is 0.0575. The van der Waals surface area contributed by atoms with Crippen LogP contribution in [0.25, 0.3) is 0 Å². The maximum Gasteiger partial charge on any atom is 0.225 e. The van der Waals surface area contributed by atoms with Crippen LogP contribution >= 0.6 is 0 Å². The molecule has 0 bridgehead atoms. The van der Waals surface area contributed by atoms with Crippen molar-refractivity contribution in [2.24, 2.45) is 5.92 Å². The summed E-state index contributed by atoms with van der Waals surface area (Å²) in [4.78, 5) is 11.3. The molecule has 0 aromatic carbocycles. The first-order valence-corrected chi connectivity index (χ1v) is 7.52. The third-order valence-electron chi connectivity index (χ3n) is 3.76. The number of nitrogens with zero attached hydrogens (tertiary/aromatic N) is 3. The average molecular weight is 278 g/mol. The van der Waals surface area contributed by atoms with E-state index in [1.807, 2.05) is 6.20 Å². The molecule has 0 amide bonds. The van der Waals surface area contributed by atoms with Crippen molar-refractivity contribution in [2.75, 3.05) is 38.3 Å². The van der Waals surface area contributed by atoms with Crippen molar-refractivity contribution in [1.82, 2.24) is 15.3 Å². The average Bonchev–Trinajstić information content (AvgIpc) is 2.47. The summed E-state index contributed by atoms with van der Waals surface area (Å²) < 4.78 is 5.53. The largest absolute Gasteiger partial charge is 0.381 e. The molecule has 1 atom stereocenters. The standard InChI is InChI=1S/C15H26N4O/c1-4-16-8-14-9-17-15(18-12(14)2)19(3)10-13-6-5-7-20-11-13/h9,13,16H,4-8,10-11H2,1-3H3. The van der Waals surface area contributed by atoms with Crippen molar-refractivity contribution in [3.8, 4) is 0 Å². The lowest BCUT2D eigenvalue weighted by Gasteiger charge is -2.27. The highest BCUT2D eigenvalue weighted by molar-refractivity contribution is 5.31. The molecule has 2 heterocycles. The van der Waals surface area contributed by atoms with Gasteiger partial charge in [-0.3, -0.25) is 0 Å². The fourth-order valence-corrected chi connectivity index (χ4v) is 2.52. The van der Waals surface area contributed by atoms with Crippen molar-refractivity contribution in [1.29, 1.82) is 0 Å². The van der Waals surface area contributed by atoms with Gasteiger partial charge < -0.3 is 15.0 Å². The van der Waals surface area contributed by atoms with Gasteiger partial charge in [-0.15, -0.1) is 0 Å². The summed E-state index contributed by atoms with van der Waals surface area (Å²) in [6.07, 6.45) is 4.34. The maximum absolute atomic E-state index is 5.53. The number of hydrogen-bond acceptors (Lipinski definition) is 5. The van der Waals surface area contributed by atoms with Gasteiger partial charge in [0.15, 0.2) is 0 Å². The first kappa shape index (κ1) is 15.2.